The Labute approximate surface area is 107 Å². The average Bonchev–Trinajstić information content (AvgIpc) is 2.46. The molecule has 1 N–H and O–H groups in total. The van der Waals surface area contributed by atoms with E-state index in [4.69, 9.17) is 4.74 Å². The molecule has 0 radical (unpaired) electrons. The molecule has 18 heavy (non-hydrogen) atoms. The van der Waals surface area contributed by atoms with Crippen molar-refractivity contribution >= 4 is 0 Å². The molecule has 1 atom stereocenters. The van der Waals surface area contributed by atoms with Crippen LogP contribution in [0.5, 0.6) is 5.75 Å². The molecule has 0 amide bonds. The number of nitrogens with one attached hydrogen (secondary N) is 1. The SMILES string of the molecule is COc1cccc(C(C)NCc2cnccn2)c1. The zero-order chi connectivity index (χ0) is 12.8. The lowest BCUT2D eigenvalue weighted by Crippen LogP contribution is -2.18. The van der Waals surface area contributed by atoms with Gasteiger partial charge in [-0.05, 0) is 24.6 Å². The molecule has 0 fully saturated rings. The lowest BCUT2D eigenvalue weighted by molar-refractivity contribution is 0.413. The van der Waals surface area contributed by atoms with Crippen molar-refractivity contribution in [2.75, 3.05) is 7.11 Å². The molecule has 2 rings (SSSR count). The highest BCUT2D eigenvalue weighted by atomic mass is 16.5. The molecule has 94 valence electrons. The van der Waals surface area contributed by atoms with Crippen molar-refractivity contribution < 1.29 is 4.74 Å². The quantitative estimate of drug-likeness (QED) is 0.875. The average molecular weight is 243 g/mol. The van der Waals surface area contributed by atoms with E-state index in [0.717, 1.165) is 11.4 Å². The van der Waals surface area contributed by atoms with Crippen molar-refractivity contribution in [2.45, 2.75) is 19.5 Å². The first-order valence-corrected chi connectivity index (χ1v) is 5.92. The van der Waals surface area contributed by atoms with Crippen LogP contribution in [0.1, 0.15) is 24.2 Å². The van der Waals surface area contributed by atoms with Crippen molar-refractivity contribution in [3.8, 4) is 5.75 Å². The summed E-state index contributed by atoms with van der Waals surface area (Å²) in [5.74, 6) is 0.876. The van der Waals surface area contributed by atoms with Gasteiger partial charge in [-0.15, -0.1) is 0 Å². The normalized spacial score (nSPS) is 12.1. The second kappa shape index (κ2) is 6.12. The Morgan fingerprint density at radius 2 is 2.22 bits per heavy atom. The molecule has 0 aliphatic heterocycles. The number of nitrogens with zero attached hydrogens (tertiary/aromatic N) is 2. The summed E-state index contributed by atoms with van der Waals surface area (Å²) in [4.78, 5) is 8.27. The van der Waals surface area contributed by atoms with Gasteiger partial charge in [0.2, 0.25) is 0 Å². The third-order valence-electron chi connectivity index (χ3n) is 2.80. The van der Waals surface area contributed by atoms with Gasteiger partial charge >= 0.3 is 0 Å². The lowest BCUT2D eigenvalue weighted by Gasteiger charge is -2.14. The fourth-order valence-corrected chi connectivity index (χ4v) is 1.71. The lowest BCUT2D eigenvalue weighted by atomic mass is 10.1. The van der Waals surface area contributed by atoms with Gasteiger partial charge in [0.15, 0.2) is 0 Å². The van der Waals surface area contributed by atoms with E-state index in [1.807, 2.05) is 18.2 Å². The molecule has 2 aromatic rings. The van der Waals surface area contributed by atoms with Gasteiger partial charge in [0.05, 0.1) is 12.8 Å². The predicted octanol–water partition coefficient (Wildman–Crippen LogP) is 2.34. The zero-order valence-electron chi connectivity index (χ0n) is 10.6. The summed E-state index contributed by atoms with van der Waals surface area (Å²) in [5.41, 5.74) is 2.13. The highest BCUT2D eigenvalue weighted by Crippen LogP contribution is 2.18. The van der Waals surface area contributed by atoms with Crippen LogP contribution >= 0.6 is 0 Å². The molecule has 0 saturated carbocycles. The van der Waals surface area contributed by atoms with Crippen molar-refractivity contribution in [1.82, 2.24) is 15.3 Å². The first-order chi connectivity index (χ1) is 8.79. The largest absolute Gasteiger partial charge is 0.497 e. The monoisotopic (exact) mass is 243 g/mol. The third-order valence-corrected chi connectivity index (χ3v) is 2.80. The number of aromatic nitrogens is 2. The maximum atomic E-state index is 5.22. The Hall–Kier alpha value is -1.94. The van der Waals surface area contributed by atoms with E-state index in [1.54, 1.807) is 25.7 Å². The topological polar surface area (TPSA) is 47.0 Å². The van der Waals surface area contributed by atoms with Crippen LogP contribution in [0.25, 0.3) is 0 Å². The van der Waals surface area contributed by atoms with E-state index >= 15 is 0 Å². The molecule has 0 bridgehead atoms. The van der Waals surface area contributed by atoms with E-state index in [2.05, 4.69) is 28.3 Å². The fraction of sp³-hybridized carbons (Fsp3) is 0.286. The first-order valence-electron chi connectivity index (χ1n) is 5.92. The highest BCUT2D eigenvalue weighted by Gasteiger charge is 2.06. The van der Waals surface area contributed by atoms with Crippen LogP contribution in [-0.4, -0.2) is 17.1 Å². The molecular weight excluding hydrogens is 226 g/mol. The summed E-state index contributed by atoms with van der Waals surface area (Å²) < 4.78 is 5.22. The van der Waals surface area contributed by atoms with E-state index in [0.29, 0.717) is 6.54 Å². The Bertz CT molecular complexity index is 487. The standard InChI is InChI=1S/C14H17N3O/c1-11(12-4-3-5-14(8-12)18-2)17-10-13-9-15-6-7-16-13/h3-9,11,17H,10H2,1-2H3. The Kier molecular flexibility index (Phi) is 4.25. The first kappa shape index (κ1) is 12.5. The molecule has 1 unspecified atom stereocenters. The van der Waals surface area contributed by atoms with Crippen LogP contribution in [0.15, 0.2) is 42.9 Å². The second-order valence-electron chi connectivity index (χ2n) is 4.08. The summed E-state index contributed by atoms with van der Waals surface area (Å²) in [6.45, 7) is 2.82. The second-order valence-corrected chi connectivity index (χ2v) is 4.08. The van der Waals surface area contributed by atoms with Gasteiger partial charge in [0, 0.05) is 31.2 Å². The molecule has 0 spiro atoms. The Balaban J connectivity index is 1.97. The number of hydrogen-bond acceptors (Lipinski definition) is 4. The molecule has 0 saturated heterocycles. The van der Waals surface area contributed by atoms with Gasteiger partial charge in [0.1, 0.15) is 5.75 Å². The van der Waals surface area contributed by atoms with Gasteiger partial charge in [-0.25, -0.2) is 0 Å². The molecule has 1 heterocycles. The van der Waals surface area contributed by atoms with Crippen LogP contribution in [0.4, 0.5) is 0 Å². The van der Waals surface area contributed by atoms with Gasteiger partial charge < -0.3 is 10.1 Å². The van der Waals surface area contributed by atoms with Gasteiger partial charge in [-0.1, -0.05) is 12.1 Å². The molecule has 1 aromatic carbocycles. The molecule has 0 aliphatic rings. The van der Waals surface area contributed by atoms with Crippen molar-refractivity contribution in [2.24, 2.45) is 0 Å². The molecule has 0 aliphatic carbocycles. The fourth-order valence-electron chi connectivity index (χ4n) is 1.71. The molecular formula is C14H17N3O. The number of hydrogen-bond donors (Lipinski definition) is 1. The van der Waals surface area contributed by atoms with Crippen LogP contribution in [0.2, 0.25) is 0 Å². The zero-order valence-corrected chi connectivity index (χ0v) is 10.6. The summed E-state index contributed by atoms with van der Waals surface area (Å²) >= 11 is 0. The summed E-state index contributed by atoms with van der Waals surface area (Å²) in [6.07, 6.45) is 5.15. The number of benzene rings is 1. The summed E-state index contributed by atoms with van der Waals surface area (Å²) in [7, 11) is 1.68. The van der Waals surface area contributed by atoms with Gasteiger partial charge in [-0.3, -0.25) is 9.97 Å². The Morgan fingerprint density at radius 3 is 2.94 bits per heavy atom. The molecule has 4 nitrogen and oxygen atoms in total. The van der Waals surface area contributed by atoms with Crippen molar-refractivity contribution in [3.63, 3.8) is 0 Å². The number of methoxy groups -OCH3 is 1. The van der Waals surface area contributed by atoms with Crippen molar-refractivity contribution in [3.05, 3.63) is 54.1 Å². The number of ether oxygens (including phenoxy) is 1. The van der Waals surface area contributed by atoms with Crippen LogP contribution in [-0.2, 0) is 6.54 Å². The van der Waals surface area contributed by atoms with E-state index in [9.17, 15) is 0 Å². The molecule has 4 heteroatoms. The van der Waals surface area contributed by atoms with Gasteiger partial charge in [-0.2, -0.15) is 0 Å². The maximum Gasteiger partial charge on any atom is 0.119 e. The van der Waals surface area contributed by atoms with Crippen LogP contribution in [0.3, 0.4) is 0 Å². The van der Waals surface area contributed by atoms with Crippen LogP contribution in [0, 0.1) is 0 Å². The summed E-state index contributed by atoms with van der Waals surface area (Å²) in [6, 6.07) is 8.29. The van der Waals surface area contributed by atoms with Crippen molar-refractivity contribution in [1.29, 1.82) is 0 Å². The molecule has 1 aromatic heterocycles. The summed E-state index contributed by atoms with van der Waals surface area (Å²) in [5, 5.41) is 3.41. The third kappa shape index (κ3) is 3.28. The smallest absolute Gasteiger partial charge is 0.119 e. The minimum atomic E-state index is 0.238. The van der Waals surface area contributed by atoms with Gasteiger partial charge in [0.25, 0.3) is 0 Å². The van der Waals surface area contributed by atoms with E-state index < -0.39 is 0 Å². The number of rotatable bonds is 5. The minimum absolute atomic E-state index is 0.238. The minimum Gasteiger partial charge on any atom is -0.497 e. The van der Waals surface area contributed by atoms with E-state index in [1.165, 1.54) is 5.56 Å². The van der Waals surface area contributed by atoms with E-state index in [-0.39, 0.29) is 6.04 Å². The highest BCUT2D eigenvalue weighted by molar-refractivity contribution is 5.30. The maximum absolute atomic E-state index is 5.22. The predicted molar refractivity (Wildman–Crippen MR) is 70.3 cm³/mol. The Morgan fingerprint density at radius 1 is 1.33 bits per heavy atom. The van der Waals surface area contributed by atoms with Crippen LogP contribution < -0.4 is 10.1 Å².